The van der Waals surface area contributed by atoms with Crippen molar-refractivity contribution in [3.63, 3.8) is 0 Å². The zero-order valence-electron chi connectivity index (χ0n) is 10.7. The van der Waals surface area contributed by atoms with Crippen molar-refractivity contribution in [2.75, 3.05) is 27.2 Å². The number of nitrogens with one attached hydrogen (secondary N) is 2. The Balaban J connectivity index is 2.24. The average Bonchev–Trinajstić information content (AvgIpc) is 2.86. The van der Waals surface area contributed by atoms with Crippen LogP contribution in [-0.4, -0.2) is 43.9 Å². The first-order chi connectivity index (χ1) is 8.63. The second-order valence-corrected chi connectivity index (χ2v) is 4.99. The number of carbonyl (C=O) groups excluding carboxylic acids is 2. The summed E-state index contributed by atoms with van der Waals surface area (Å²) in [5.41, 5.74) is 0. The Morgan fingerprint density at radius 3 is 2.83 bits per heavy atom. The molecule has 2 N–H and O–H groups in total. The Hall–Kier alpha value is -1.40. The normalized spacial score (nSPS) is 10.1. The predicted octanol–water partition coefficient (Wildman–Crippen LogP) is 0.432. The van der Waals surface area contributed by atoms with Gasteiger partial charge in [-0.1, -0.05) is 6.07 Å². The Morgan fingerprint density at radius 2 is 2.22 bits per heavy atom. The fraction of sp³-hybridized carbons (Fsp3) is 0.500. The molecule has 5 nitrogen and oxygen atoms in total. The van der Waals surface area contributed by atoms with Gasteiger partial charge < -0.3 is 15.5 Å². The molecule has 0 saturated carbocycles. The van der Waals surface area contributed by atoms with Gasteiger partial charge in [0.15, 0.2) is 0 Å². The van der Waals surface area contributed by atoms with Gasteiger partial charge in [-0.2, -0.15) is 0 Å². The monoisotopic (exact) mass is 269 g/mol. The molecule has 1 heterocycles. The van der Waals surface area contributed by atoms with E-state index in [1.165, 1.54) is 4.90 Å². The van der Waals surface area contributed by atoms with Gasteiger partial charge in [-0.3, -0.25) is 9.59 Å². The molecule has 1 aromatic heterocycles. The molecule has 1 rings (SSSR count). The topological polar surface area (TPSA) is 61.4 Å². The van der Waals surface area contributed by atoms with Crippen LogP contribution in [0.1, 0.15) is 11.3 Å². The van der Waals surface area contributed by atoms with Gasteiger partial charge in [-0.25, -0.2) is 0 Å². The lowest BCUT2D eigenvalue weighted by Crippen LogP contribution is -2.38. The van der Waals surface area contributed by atoms with E-state index < -0.39 is 0 Å². The van der Waals surface area contributed by atoms with Gasteiger partial charge >= 0.3 is 0 Å². The molecule has 18 heavy (non-hydrogen) atoms. The van der Waals surface area contributed by atoms with Gasteiger partial charge in [0.2, 0.25) is 11.8 Å². The van der Waals surface area contributed by atoms with Crippen LogP contribution >= 0.6 is 11.3 Å². The van der Waals surface area contributed by atoms with Gasteiger partial charge in [0.05, 0.1) is 13.1 Å². The molecular formula is C12H19N3O2S. The minimum absolute atomic E-state index is 0.0318. The largest absolute Gasteiger partial charge is 0.350 e. The van der Waals surface area contributed by atoms with E-state index in [1.807, 2.05) is 17.5 Å². The summed E-state index contributed by atoms with van der Waals surface area (Å²) in [6.07, 6.45) is 0.408. The third-order valence-electron chi connectivity index (χ3n) is 2.44. The maximum absolute atomic E-state index is 11.6. The Bertz CT molecular complexity index is 379. The lowest BCUT2D eigenvalue weighted by molar-refractivity contribution is -0.134. The van der Waals surface area contributed by atoms with Crippen LogP contribution in [0.5, 0.6) is 0 Å². The summed E-state index contributed by atoms with van der Waals surface area (Å²) in [7, 11) is 3.43. The summed E-state index contributed by atoms with van der Waals surface area (Å²) in [4.78, 5) is 25.7. The maximum Gasteiger partial charge on any atom is 0.239 e. The number of hydrogen-bond donors (Lipinski definition) is 2. The van der Waals surface area contributed by atoms with E-state index in [9.17, 15) is 9.59 Å². The van der Waals surface area contributed by atoms with Gasteiger partial charge in [-0.05, 0) is 18.5 Å². The van der Waals surface area contributed by atoms with Crippen LogP contribution in [0.25, 0.3) is 0 Å². The molecule has 0 fully saturated rings. The average molecular weight is 269 g/mol. The molecule has 6 heteroatoms. The molecule has 0 radical (unpaired) electrons. The second kappa shape index (κ2) is 7.84. The zero-order chi connectivity index (χ0) is 13.4. The van der Waals surface area contributed by atoms with E-state index >= 15 is 0 Å². The smallest absolute Gasteiger partial charge is 0.239 e. The van der Waals surface area contributed by atoms with Gasteiger partial charge in [0.1, 0.15) is 0 Å². The van der Waals surface area contributed by atoms with Crippen molar-refractivity contribution in [2.24, 2.45) is 0 Å². The first-order valence-corrected chi connectivity index (χ1v) is 6.69. The van der Waals surface area contributed by atoms with Gasteiger partial charge in [0.25, 0.3) is 0 Å². The molecule has 100 valence electrons. The fourth-order valence-electron chi connectivity index (χ4n) is 1.38. The number of likely N-dealkylation sites (N-methyl/N-ethyl adjacent to an activating group) is 1. The van der Waals surface area contributed by atoms with Crippen LogP contribution in [0.15, 0.2) is 17.5 Å². The summed E-state index contributed by atoms with van der Waals surface area (Å²) in [5.74, 6) is -0.167. The van der Waals surface area contributed by atoms with Crippen LogP contribution in [0.2, 0.25) is 0 Å². The molecule has 0 aliphatic rings. The Labute approximate surface area is 111 Å². The van der Waals surface area contributed by atoms with Crippen LogP contribution < -0.4 is 10.6 Å². The van der Waals surface area contributed by atoms with Crippen LogP contribution in [0.3, 0.4) is 0 Å². The quantitative estimate of drug-likeness (QED) is 0.755. The molecule has 0 aromatic carbocycles. The number of thiophene rings is 1. The van der Waals surface area contributed by atoms with Crippen molar-refractivity contribution in [3.05, 3.63) is 22.4 Å². The van der Waals surface area contributed by atoms with E-state index in [1.54, 1.807) is 25.4 Å². The lowest BCUT2D eigenvalue weighted by atomic mass is 10.3. The van der Waals surface area contributed by atoms with E-state index in [-0.39, 0.29) is 18.4 Å². The third kappa shape index (κ3) is 5.29. The second-order valence-electron chi connectivity index (χ2n) is 3.96. The van der Waals surface area contributed by atoms with Crippen LogP contribution in [0.4, 0.5) is 0 Å². The fourth-order valence-corrected chi connectivity index (χ4v) is 2.03. The molecule has 0 spiro atoms. The van der Waals surface area contributed by atoms with Crippen molar-refractivity contribution in [1.82, 2.24) is 15.5 Å². The Kier molecular flexibility index (Phi) is 6.38. The number of rotatable bonds is 7. The van der Waals surface area contributed by atoms with Gasteiger partial charge in [0, 0.05) is 24.9 Å². The number of hydrogen-bond acceptors (Lipinski definition) is 4. The summed E-state index contributed by atoms with van der Waals surface area (Å²) in [6, 6.07) is 3.91. The molecule has 0 unspecified atom stereocenters. The molecular weight excluding hydrogens is 250 g/mol. The van der Waals surface area contributed by atoms with E-state index in [4.69, 9.17) is 0 Å². The molecule has 0 atom stereocenters. The highest BCUT2D eigenvalue weighted by Gasteiger charge is 2.11. The maximum atomic E-state index is 11.6. The molecule has 0 aliphatic carbocycles. The highest BCUT2D eigenvalue weighted by Crippen LogP contribution is 2.07. The molecule has 1 aromatic rings. The van der Waals surface area contributed by atoms with E-state index in [0.717, 1.165) is 4.88 Å². The van der Waals surface area contributed by atoms with E-state index in [2.05, 4.69) is 10.6 Å². The van der Waals surface area contributed by atoms with Crippen molar-refractivity contribution < 1.29 is 9.59 Å². The molecule has 0 aliphatic heterocycles. The summed E-state index contributed by atoms with van der Waals surface area (Å²) >= 11 is 1.60. The van der Waals surface area contributed by atoms with Crippen molar-refractivity contribution in [1.29, 1.82) is 0 Å². The van der Waals surface area contributed by atoms with Crippen molar-refractivity contribution in [3.8, 4) is 0 Å². The Morgan fingerprint density at radius 1 is 1.44 bits per heavy atom. The number of carbonyl (C=O) groups is 2. The summed E-state index contributed by atoms with van der Waals surface area (Å²) in [5, 5.41) is 7.66. The summed E-state index contributed by atoms with van der Waals surface area (Å²) < 4.78 is 0. The van der Waals surface area contributed by atoms with Crippen LogP contribution in [0, 0.1) is 0 Å². The van der Waals surface area contributed by atoms with Gasteiger partial charge in [-0.15, -0.1) is 11.3 Å². The number of amides is 2. The summed E-state index contributed by atoms with van der Waals surface area (Å²) in [6.45, 7) is 1.25. The highest BCUT2D eigenvalue weighted by molar-refractivity contribution is 7.09. The third-order valence-corrected chi connectivity index (χ3v) is 3.31. The van der Waals surface area contributed by atoms with E-state index in [0.29, 0.717) is 19.5 Å². The highest BCUT2D eigenvalue weighted by atomic mass is 32.1. The standard InChI is InChI=1S/C12H19N3O2S/c1-13-6-5-12(17)15(2)9-11(16)14-8-10-4-3-7-18-10/h3-4,7,13H,5-6,8-9H2,1-2H3,(H,14,16). The minimum Gasteiger partial charge on any atom is -0.350 e. The predicted molar refractivity (Wildman–Crippen MR) is 72.3 cm³/mol. The molecule has 0 saturated heterocycles. The first-order valence-electron chi connectivity index (χ1n) is 5.81. The first kappa shape index (κ1) is 14.7. The SMILES string of the molecule is CNCCC(=O)N(C)CC(=O)NCc1cccs1. The van der Waals surface area contributed by atoms with Crippen molar-refractivity contribution in [2.45, 2.75) is 13.0 Å². The van der Waals surface area contributed by atoms with Crippen LogP contribution in [-0.2, 0) is 16.1 Å². The lowest BCUT2D eigenvalue weighted by Gasteiger charge is -2.16. The zero-order valence-corrected chi connectivity index (χ0v) is 11.5. The number of nitrogens with zero attached hydrogens (tertiary/aromatic N) is 1. The molecule has 2 amide bonds. The minimum atomic E-state index is -0.135. The molecule has 0 bridgehead atoms. The van der Waals surface area contributed by atoms with Crippen molar-refractivity contribution >= 4 is 23.2 Å².